The summed E-state index contributed by atoms with van der Waals surface area (Å²) in [6.45, 7) is 1.63. The summed E-state index contributed by atoms with van der Waals surface area (Å²) in [6, 6.07) is 11.1. The van der Waals surface area contributed by atoms with Crippen LogP contribution in [0.15, 0.2) is 42.5 Å². The van der Waals surface area contributed by atoms with E-state index in [1.165, 1.54) is 11.8 Å². The van der Waals surface area contributed by atoms with Crippen molar-refractivity contribution >= 4 is 46.5 Å². The molecule has 1 aliphatic heterocycles. The number of hydrogen-bond acceptors (Lipinski definition) is 4. The minimum Gasteiger partial charge on any atom is -0.426 e. The van der Waals surface area contributed by atoms with Crippen molar-refractivity contribution in [2.45, 2.75) is 13.3 Å². The molecule has 26 heavy (non-hydrogen) atoms. The van der Waals surface area contributed by atoms with Crippen LogP contribution in [0.1, 0.15) is 23.7 Å². The Morgan fingerprint density at radius 2 is 1.81 bits per heavy atom. The smallest absolute Gasteiger partial charge is 0.316 e. The molecule has 0 aromatic heterocycles. The van der Waals surface area contributed by atoms with E-state index in [1.807, 2.05) is 0 Å². The van der Waals surface area contributed by atoms with Crippen LogP contribution in [0, 0.1) is 5.92 Å². The van der Waals surface area contributed by atoms with Crippen molar-refractivity contribution in [3.63, 3.8) is 0 Å². The highest BCUT2D eigenvalue weighted by molar-refractivity contribution is 6.35. The van der Waals surface area contributed by atoms with Crippen LogP contribution in [-0.4, -0.2) is 24.2 Å². The number of amides is 1. The number of nitrogens with zero attached hydrogens (tertiary/aromatic N) is 1. The molecule has 134 valence electrons. The van der Waals surface area contributed by atoms with Crippen molar-refractivity contribution in [1.29, 1.82) is 0 Å². The minimum absolute atomic E-state index is 0.0349. The highest BCUT2D eigenvalue weighted by Crippen LogP contribution is 2.33. The molecule has 5 nitrogen and oxygen atoms in total. The van der Waals surface area contributed by atoms with Crippen LogP contribution in [0.5, 0.6) is 5.75 Å². The Hall–Kier alpha value is -2.37. The van der Waals surface area contributed by atoms with Gasteiger partial charge in [-0.05, 0) is 49.4 Å². The summed E-state index contributed by atoms with van der Waals surface area (Å²) in [5.41, 5.74) is 1.01. The maximum atomic E-state index is 12.4. The first-order chi connectivity index (χ1) is 12.3. The zero-order chi connectivity index (χ0) is 18.8. The first-order valence-electron chi connectivity index (χ1n) is 7.93. The molecule has 0 radical (unpaired) electrons. The van der Waals surface area contributed by atoms with Gasteiger partial charge in [-0.3, -0.25) is 14.4 Å². The number of Topliss-reactive ketones (excluding diaryl/α,β-unsaturated/α-hetero) is 1. The predicted octanol–water partition coefficient (Wildman–Crippen LogP) is 4.15. The van der Waals surface area contributed by atoms with Gasteiger partial charge in [0.05, 0.1) is 16.6 Å². The number of esters is 1. The maximum absolute atomic E-state index is 12.4. The average molecular weight is 392 g/mol. The lowest BCUT2D eigenvalue weighted by molar-refractivity contribution is -0.139. The Kier molecular flexibility index (Phi) is 5.30. The molecule has 2 aromatic rings. The van der Waals surface area contributed by atoms with Crippen LogP contribution in [0.25, 0.3) is 0 Å². The second-order valence-corrected chi connectivity index (χ2v) is 6.85. The van der Waals surface area contributed by atoms with Gasteiger partial charge in [-0.25, -0.2) is 0 Å². The summed E-state index contributed by atoms with van der Waals surface area (Å²) in [5, 5.41) is 0.838. The first-order valence-corrected chi connectivity index (χ1v) is 8.69. The molecular formula is C19H15Cl2NO4. The van der Waals surface area contributed by atoms with Crippen LogP contribution < -0.4 is 9.64 Å². The first kappa shape index (κ1) is 18.4. The van der Waals surface area contributed by atoms with Gasteiger partial charge in [0.1, 0.15) is 5.75 Å². The molecule has 1 aliphatic rings. The normalized spacial score (nSPS) is 16.7. The van der Waals surface area contributed by atoms with E-state index in [4.69, 9.17) is 27.9 Å². The molecule has 0 saturated carbocycles. The molecule has 1 atom stereocenters. The Balaban J connectivity index is 1.70. The fraction of sp³-hybridized carbons (Fsp3) is 0.211. The Labute approximate surface area is 160 Å². The third-order valence-corrected chi connectivity index (χ3v) is 4.69. The van der Waals surface area contributed by atoms with Crippen molar-refractivity contribution < 1.29 is 19.1 Å². The number of anilines is 1. The van der Waals surface area contributed by atoms with E-state index >= 15 is 0 Å². The summed E-state index contributed by atoms with van der Waals surface area (Å²) in [4.78, 5) is 37.4. The molecule has 0 aliphatic carbocycles. The summed E-state index contributed by atoms with van der Waals surface area (Å²) >= 11 is 12.1. The van der Waals surface area contributed by atoms with Gasteiger partial charge in [-0.1, -0.05) is 23.2 Å². The van der Waals surface area contributed by atoms with Gasteiger partial charge < -0.3 is 9.64 Å². The molecule has 0 unspecified atom stereocenters. The lowest BCUT2D eigenvalue weighted by Crippen LogP contribution is -2.27. The number of ketones is 1. The Morgan fingerprint density at radius 3 is 2.46 bits per heavy atom. The van der Waals surface area contributed by atoms with Gasteiger partial charge in [0.15, 0.2) is 5.78 Å². The molecule has 0 spiro atoms. The maximum Gasteiger partial charge on any atom is 0.316 e. The van der Waals surface area contributed by atoms with Gasteiger partial charge >= 0.3 is 5.97 Å². The summed E-state index contributed by atoms with van der Waals surface area (Å²) < 4.78 is 5.33. The van der Waals surface area contributed by atoms with E-state index in [1.54, 1.807) is 42.5 Å². The van der Waals surface area contributed by atoms with Crippen molar-refractivity contribution in [2.75, 3.05) is 11.4 Å². The van der Waals surface area contributed by atoms with E-state index in [9.17, 15) is 14.4 Å². The van der Waals surface area contributed by atoms with Crippen LogP contribution in [0.3, 0.4) is 0 Å². The highest BCUT2D eigenvalue weighted by Gasteiger charge is 2.37. The second-order valence-electron chi connectivity index (χ2n) is 6.00. The summed E-state index contributed by atoms with van der Waals surface area (Å²) in [5.74, 6) is -1.08. The lowest BCUT2D eigenvalue weighted by Gasteiger charge is -2.18. The number of hydrogen-bond donors (Lipinski definition) is 0. The zero-order valence-electron chi connectivity index (χ0n) is 13.9. The SMILES string of the molecule is CC(=O)c1ccc(OC(=O)[C@@H]2CC(=O)N(c3cc(Cl)ccc3Cl)C2)cc1. The third-order valence-electron chi connectivity index (χ3n) is 4.14. The van der Waals surface area contributed by atoms with Crippen molar-refractivity contribution in [3.05, 3.63) is 58.1 Å². The number of carbonyl (C=O) groups excluding carboxylic acids is 3. The van der Waals surface area contributed by atoms with Gasteiger partial charge in [-0.15, -0.1) is 0 Å². The molecule has 1 saturated heterocycles. The number of halogens is 2. The van der Waals surface area contributed by atoms with Crippen LogP contribution in [-0.2, 0) is 9.59 Å². The van der Waals surface area contributed by atoms with Crippen LogP contribution in [0.4, 0.5) is 5.69 Å². The van der Waals surface area contributed by atoms with E-state index in [-0.39, 0.29) is 24.7 Å². The quantitative estimate of drug-likeness (QED) is 0.446. The predicted molar refractivity (Wildman–Crippen MR) is 99.0 cm³/mol. The van der Waals surface area contributed by atoms with Gasteiger partial charge in [-0.2, -0.15) is 0 Å². The molecule has 0 bridgehead atoms. The van der Waals surface area contributed by atoms with Crippen molar-refractivity contribution in [3.8, 4) is 5.75 Å². The largest absolute Gasteiger partial charge is 0.426 e. The van der Waals surface area contributed by atoms with Crippen LogP contribution >= 0.6 is 23.2 Å². The van der Waals surface area contributed by atoms with E-state index in [0.29, 0.717) is 27.0 Å². The van der Waals surface area contributed by atoms with E-state index in [2.05, 4.69) is 0 Å². The molecule has 0 N–H and O–H groups in total. The van der Waals surface area contributed by atoms with Gasteiger partial charge in [0, 0.05) is 23.6 Å². The van der Waals surface area contributed by atoms with E-state index in [0.717, 1.165) is 0 Å². The van der Waals surface area contributed by atoms with E-state index < -0.39 is 11.9 Å². The summed E-state index contributed by atoms with van der Waals surface area (Å²) in [7, 11) is 0. The van der Waals surface area contributed by atoms with Crippen molar-refractivity contribution in [2.24, 2.45) is 5.92 Å². The fourth-order valence-electron chi connectivity index (χ4n) is 2.75. The number of carbonyl (C=O) groups is 3. The Morgan fingerprint density at radius 1 is 1.12 bits per heavy atom. The van der Waals surface area contributed by atoms with Crippen LogP contribution in [0.2, 0.25) is 10.0 Å². The van der Waals surface area contributed by atoms with Gasteiger partial charge in [0.25, 0.3) is 0 Å². The Bertz CT molecular complexity index is 880. The number of rotatable bonds is 4. The second kappa shape index (κ2) is 7.48. The molecule has 1 amide bonds. The summed E-state index contributed by atoms with van der Waals surface area (Å²) in [6.07, 6.45) is 0.0349. The number of ether oxygens (including phenoxy) is 1. The average Bonchev–Trinajstić information content (AvgIpc) is 2.99. The fourth-order valence-corrected chi connectivity index (χ4v) is 3.13. The monoisotopic (exact) mass is 391 g/mol. The minimum atomic E-state index is -0.606. The standard InChI is InChI=1S/C19H15Cl2NO4/c1-11(23)12-2-5-15(6-3-12)26-19(25)13-8-18(24)22(10-13)17-9-14(20)4-7-16(17)21/h2-7,9,13H,8,10H2,1H3/t13-/m1/s1. The molecule has 7 heteroatoms. The lowest BCUT2D eigenvalue weighted by atomic mass is 10.1. The molecule has 1 heterocycles. The highest BCUT2D eigenvalue weighted by atomic mass is 35.5. The van der Waals surface area contributed by atoms with Crippen molar-refractivity contribution in [1.82, 2.24) is 0 Å². The third kappa shape index (κ3) is 3.89. The molecule has 2 aromatic carbocycles. The zero-order valence-corrected chi connectivity index (χ0v) is 15.4. The molecule has 1 fully saturated rings. The molecular weight excluding hydrogens is 377 g/mol. The molecule has 3 rings (SSSR count). The number of benzene rings is 2. The topological polar surface area (TPSA) is 63.7 Å². The van der Waals surface area contributed by atoms with Gasteiger partial charge in [0.2, 0.25) is 5.91 Å².